The molecule has 1 aromatic rings. The van der Waals surface area contributed by atoms with Crippen molar-refractivity contribution in [2.24, 2.45) is 0 Å². The van der Waals surface area contributed by atoms with Crippen molar-refractivity contribution in [3.05, 3.63) is 30.1 Å². The van der Waals surface area contributed by atoms with Crippen molar-refractivity contribution < 1.29 is 19.0 Å². The van der Waals surface area contributed by atoms with E-state index in [0.717, 1.165) is 25.8 Å². The number of aliphatic hydroxyl groups is 1. The van der Waals surface area contributed by atoms with Crippen LogP contribution in [0.3, 0.4) is 0 Å². The van der Waals surface area contributed by atoms with Gasteiger partial charge in [-0.2, -0.15) is 0 Å². The number of hydrogen-bond acceptors (Lipinski definition) is 4. The number of nitrogens with zero attached hydrogens (tertiary/aromatic N) is 1. The predicted molar refractivity (Wildman–Crippen MR) is 88.3 cm³/mol. The van der Waals surface area contributed by atoms with Gasteiger partial charge in [0.05, 0.1) is 6.54 Å². The average molecular weight is 336 g/mol. The number of nitrogens with one attached hydrogen (secondary N) is 1. The lowest BCUT2D eigenvalue weighted by Crippen LogP contribution is -2.54. The largest absolute Gasteiger partial charge is 0.491 e. The molecular formula is C18H25FN2O3. The van der Waals surface area contributed by atoms with Crippen molar-refractivity contribution in [3.8, 4) is 5.75 Å². The number of carbonyl (C=O) groups excluding carboxylic acids is 1. The van der Waals surface area contributed by atoms with Crippen LogP contribution in [-0.2, 0) is 4.79 Å². The second kappa shape index (κ2) is 7.49. The van der Waals surface area contributed by atoms with Crippen LogP contribution in [0, 0.1) is 5.82 Å². The van der Waals surface area contributed by atoms with Gasteiger partial charge in [-0.15, -0.1) is 0 Å². The van der Waals surface area contributed by atoms with Gasteiger partial charge in [0.25, 0.3) is 0 Å². The first-order valence-corrected chi connectivity index (χ1v) is 8.65. The van der Waals surface area contributed by atoms with E-state index in [2.05, 4.69) is 5.32 Å². The summed E-state index contributed by atoms with van der Waals surface area (Å²) >= 11 is 0. The van der Waals surface area contributed by atoms with Crippen LogP contribution in [0.1, 0.15) is 32.1 Å². The van der Waals surface area contributed by atoms with Crippen molar-refractivity contribution in [2.75, 3.05) is 26.2 Å². The summed E-state index contributed by atoms with van der Waals surface area (Å²) in [5.41, 5.74) is -0.983. The first kappa shape index (κ1) is 17.2. The molecule has 2 fully saturated rings. The minimum atomic E-state index is -0.983. The topological polar surface area (TPSA) is 61.8 Å². The van der Waals surface area contributed by atoms with Crippen LogP contribution in [0.5, 0.6) is 5.75 Å². The summed E-state index contributed by atoms with van der Waals surface area (Å²) in [5.74, 6) is 0.246. The highest BCUT2D eigenvalue weighted by atomic mass is 19.1. The van der Waals surface area contributed by atoms with Gasteiger partial charge in [-0.3, -0.25) is 9.69 Å². The van der Waals surface area contributed by atoms with Gasteiger partial charge in [-0.1, -0.05) is 0 Å². The third kappa shape index (κ3) is 4.68. The van der Waals surface area contributed by atoms with Crippen molar-refractivity contribution >= 4 is 5.91 Å². The third-order valence-electron chi connectivity index (χ3n) is 4.79. The van der Waals surface area contributed by atoms with Gasteiger partial charge in [-0.25, -0.2) is 4.39 Å². The molecule has 0 spiro atoms. The van der Waals surface area contributed by atoms with E-state index in [9.17, 15) is 14.3 Å². The Morgan fingerprint density at radius 3 is 2.75 bits per heavy atom. The van der Waals surface area contributed by atoms with Gasteiger partial charge < -0.3 is 15.2 Å². The van der Waals surface area contributed by atoms with E-state index in [1.54, 1.807) is 12.1 Å². The van der Waals surface area contributed by atoms with E-state index in [4.69, 9.17) is 4.74 Å². The van der Waals surface area contributed by atoms with Crippen LogP contribution in [-0.4, -0.2) is 53.8 Å². The summed E-state index contributed by atoms with van der Waals surface area (Å²) in [6.07, 6.45) is 4.78. The fourth-order valence-corrected chi connectivity index (χ4v) is 3.24. The number of benzene rings is 1. The van der Waals surface area contributed by atoms with Crippen molar-refractivity contribution in [1.29, 1.82) is 0 Å². The fraction of sp³-hybridized carbons (Fsp3) is 0.611. The Balaban J connectivity index is 1.47. The smallest absolute Gasteiger partial charge is 0.234 e. The molecule has 0 aromatic heterocycles. The third-order valence-corrected chi connectivity index (χ3v) is 4.79. The number of halogens is 1. The SMILES string of the molecule is O=C(CN1CCCC(O)(COc2ccc(F)cc2)C1)NC1CCC1. The number of likely N-dealkylation sites (tertiary alicyclic amines) is 1. The van der Waals surface area contributed by atoms with Crippen molar-refractivity contribution in [2.45, 2.75) is 43.7 Å². The Morgan fingerprint density at radius 2 is 2.08 bits per heavy atom. The molecule has 24 heavy (non-hydrogen) atoms. The number of amides is 1. The lowest BCUT2D eigenvalue weighted by Gasteiger charge is -2.39. The molecule has 3 rings (SSSR count). The Hall–Kier alpha value is -1.66. The molecule has 1 saturated carbocycles. The lowest BCUT2D eigenvalue weighted by molar-refractivity contribution is -0.126. The summed E-state index contributed by atoms with van der Waals surface area (Å²) in [6.45, 7) is 1.66. The highest BCUT2D eigenvalue weighted by molar-refractivity contribution is 5.78. The summed E-state index contributed by atoms with van der Waals surface area (Å²) in [6, 6.07) is 6.09. The molecule has 1 saturated heterocycles. The number of ether oxygens (including phenoxy) is 1. The zero-order chi connectivity index (χ0) is 17.0. The maximum absolute atomic E-state index is 12.9. The van der Waals surface area contributed by atoms with Crippen LogP contribution in [0.15, 0.2) is 24.3 Å². The molecule has 1 unspecified atom stereocenters. The van der Waals surface area contributed by atoms with E-state index < -0.39 is 5.60 Å². The van der Waals surface area contributed by atoms with Crippen molar-refractivity contribution in [1.82, 2.24) is 10.2 Å². The summed E-state index contributed by atoms with van der Waals surface area (Å²) < 4.78 is 18.5. The Labute approximate surface area is 141 Å². The normalized spacial score (nSPS) is 25.1. The Morgan fingerprint density at radius 1 is 1.33 bits per heavy atom. The Kier molecular flexibility index (Phi) is 5.36. The molecule has 0 radical (unpaired) electrons. The standard InChI is InChI=1S/C18H25FN2O3/c19-14-5-7-16(8-6-14)24-13-18(23)9-2-10-21(12-18)11-17(22)20-15-3-1-4-15/h5-8,15,23H,1-4,9-13H2,(H,20,22). The van der Waals surface area contributed by atoms with Gasteiger partial charge in [0.2, 0.25) is 5.91 Å². The van der Waals surface area contributed by atoms with E-state index in [1.807, 2.05) is 4.90 Å². The molecule has 2 aliphatic rings. The molecule has 132 valence electrons. The van der Waals surface area contributed by atoms with Gasteiger partial charge in [0, 0.05) is 12.6 Å². The number of rotatable bonds is 6. The molecule has 1 aliphatic heterocycles. The quantitative estimate of drug-likeness (QED) is 0.830. The van der Waals surface area contributed by atoms with Gasteiger partial charge in [-0.05, 0) is 62.9 Å². The number of hydrogen-bond donors (Lipinski definition) is 2. The van der Waals surface area contributed by atoms with Crippen molar-refractivity contribution in [3.63, 3.8) is 0 Å². The first-order valence-electron chi connectivity index (χ1n) is 8.65. The number of piperidine rings is 1. The monoisotopic (exact) mass is 336 g/mol. The fourth-order valence-electron chi connectivity index (χ4n) is 3.24. The van der Waals surface area contributed by atoms with Crippen LogP contribution in [0.4, 0.5) is 4.39 Å². The molecule has 1 atom stereocenters. The number of β-amino-alcohol motifs (C(OH)–C–C–N with tert-alkyl or cyclic N) is 1. The van der Waals surface area contributed by atoms with E-state index in [0.29, 0.717) is 31.3 Å². The second-order valence-electron chi connectivity index (χ2n) is 6.98. The summed E-state index contributed by atoms with van der Waals surface area (Å²) in [4.78, 5) is 14.0. The average Bonchev–Trinajstić information content (AvgIpc) is 2.51. The highest BCUT2D eigenvalue weighted by Gasteiger charge is 2.35. The summed E-state index contributed by atoms with van der Waals surface area (Å²) in [5, 5.41) is 13.8. The van der Waals surface area contributed by atoms with E-state index in [1.165, 1.54) is 18.6 Å². The molecule has 1 aliphatic carbocycles. The molecular weight excluding hydrogens is 311 g/mol. The predicted octanol–water partition coefficient (Wildman–Crippen LogP) is 1.70. The second-order valence-corrected chi connectivity index (χ2v) is 6.98. The number of carbonyl (C=O) groups is 1. The first-order chi connectivity index (χ1) is 11.5. The molecule has 1 amide bonds. The molecule has 2 N–H and O–H groups in total. The molecule has 0 bridgehead atoms. The summed E-state index contributed by atoms with van der Waals surface area (Å²) in [7, 11) is 0. The zero-order valence-electron chi connectivity index (χ0n) is 13.8. The molecule has 1 aromatic carbocycles. The minimum Gasteiger partial charge on any atom is -0.491 e. The van der Waals surface area contributed by atoms with Gasteiger partial charge >= 0.3 is 0 Å². The lowest BCUT2D eigenvalue weighted by atomic mass is 9.92. The van der Waals surface area contributed by atoms with Gasteiger partial charge in [0.1, 0.15) is 23.8 Å². The van der Waals surface area contributed by atoms with Crippen LogP contribution in [0.25, 0.3) is 0 Å². The van der Waals surface area contributed by atoms with Crippen LogP contribution < -0.4 is 10.1 Å². The van der Waals surface area contributed by atoms with E-state index >= 15 is 0 Å². The highest BCUT2D eigenvalue weighted by Crippen LogP contribution is 2.23. The van der Waals surface area contributed by atoms with Crippen LogP contribution in [0.2, 0.25) is 0 Å². The maximum atomic E-state index is 12.9. The molecule has 5 nitrogen and oxygen atoms in total. The van der Waals surface area contributed by atoms with E-state index in [-0.39, 0.29) is 18.3 Å². The Bertz CT molecular complexity index is 562. The maximum Gasteiger partial charge on any atom is 0.234 e. The van der Waals surface area contributed by atoms with Gasteiger partial charge in [0.15, 0.2) is 0 Å². The molecule has 1 heterocycles. The molecule has 6 heteroatoms. The zero-order valence-corrected chi connectivity index (χ0v) is 13.8. The van der Waals surface area contributed by atoms with Crippen LogP contribution >= 0.6 is 0 Å². The minimum absolute atomic E-state index is 0.0309.